The fraction of sp³-hybridized carbons (Fsp3) is 0.692. The topological polar surface area (TPSA) is 47.3 Å². The van der Waals surface area contributed by atoms with Gasteiger partial charge in [0, 0.05) is 11.5 Å². The third kappa shape index (κ3) is 3.28. The van der Waals surface area contributed by atoms with Crippen molar-refractivity contribution < 1.29 is 4.74 Å². The second-order valence-corrected chi connectivity index (χ2v) is 5.54. The monoisotopic (exact) mass is 254 g/mol. The van der Waals surface area contributed by atoms with Crippen LogP contribution in [0.3, 0.4) is 0 Å². The molecule has 2 rings (SSSR count). The van der Waals surface area contributed by atoms with Crippen molar-refractivity contribution in [1.29, 1.82) is 0 Å². The largest absolute Gasteiger partial charge is 0.378 e. The molecule has 0 spiro atoms. The Kier molecular flexibility index (Phi) is 4.98. The van der Waals surface area contributed by atoms with Gasteiger partial charge in [-0.1, -0.05) is 6.92 Å². The van der Waals surface area contributed by atoms with Gasteiger partial charge in [0.2, 0.25) is 0 Å². The number of thiophene rings is 1. The van der Waals surface area contributed by atoms with Crippen molar-refractivity contribution in [1.82, 2.24) is 5.43 Å². The van der Waals surface area contributed by atoms with Crippen molar-refractivity contribution in [3.8, 4) is 0 Å². The van der Waals surface area contributed by atoms with Crippen LogP contribution in [0, 0.1) is 0 Å². The van der Waals surface area contributed by atoms with E-state index < -0.39 is 0 Å². The van der Waals surface area contributed by atoms with Crippen LogP contribution >= 0.6 is 11.3 Å². The van der Waals surface area contributed by atoms with Gasteiger partial charge in [0.05, 0.1) is 12.1 Å². The first-order chi connectivity index (χ1) is 8.35. The highest BCUT2D eigenvalue weighted by Gasteiger charge is 2.20. The summed E-state index contributed by atoms with van der Waals surface area (Å²) in [6.07, 6.45) is 6.13. The van der Waals surface area contributed by atoms with Crippen LogP contribution in [0.15, 0.2) is 11.4 Å². The van der Waals surface area contributed by atoms with E-state index in [0.717, 1.165) is 25.9 Å². The van der Waals surface area contributed by atoms with E-state index in [-0.39, 0.29) is 6.04 Å². The van der Waals surface area contributed by atoms with Crippen molar-refractivity contribution in [2.75, 3.05) is 6.61 Å². The summed E-state index contributed by atoms with van der Waals surface area (Å²) in [6, 6.07) is 2.49. The molecule has 0 radical (unpaired) electrons. The van der Waals surface area contributed by atoms with Crippen molar-refractivity contribution in [3.05, 3.63) is 21.9 Å². The van der Waals surface area contributed by atoms with E-state index in [1.54, 1.807) is 11.3 Å². The molecule has 1 aliphatic heterocycles. The first-order valence-corrected chi connectivity index (χ1v) is 7.37. The molecule has 2 atom stereocenters. The maximum absolute atomic E-state index is 5.69. The van der Waals surface area contributed by atoms with Crippen LogP contribution in [0.4, 0.5) is 0 Å². The molecule has 4 heteroatoms. The Balaban J connectivity index is 1.91. The van der Waals surface area contributed by atoms with Gasteiger partial charge >= 0.3 is 0 Å². The van der Waals surface area contributed by atoms with Crippen molar-refractivity contribution >= 4 is 11.3 Å². The van der Waals surface area contributed by atoms with Gasteiger partial charge in [-0.3, -0.25) is 11.3 Å². The quantitative estimate of drug-likeness (QED) is 0.606. The molecular weight excluding hydrogens is 232 g/mol. The summed E-state index contributed by atoms with van der Waals surface area (Å²) >= 11 is 1.81. The number of nitrogens with two attached hydrogens (primary N) is 1. The van der Waals surface area contributed by atoms with Crippen molar-refractivity contribution in [3.63, 3.8) is 0 Å². The number of hydrogen-bond acceptors (Lipinski definition) is 4. The van der Waals surface area contributed by atoms with Gasteiger partial charge in [-0.15, -0.1) is 11.3 Å². The van der Waals surface area contributed by atoms with Crippen molar-refractivity contribution in [2.45, 2.75) is 51.2 Å². The summed E-state index contributed by atoms with van der Waals surface area (Å²) in [7, 11) is 0. The lowest BCUT2D eigenvalue weighted by Gasteiger charge is -2.18. The van der Waals surface area contributed by atoms with Gasteiger partial charge in [0.1, 0.15) is 0 Å². The Bertz CT molecular complexity index is 334. The summed E-state index contributed by atoms with van der Waals surface area (Å²) in [5, 5.41) is 2.16. The van der Waals surface area contributed by atoms with Crippen LogP contribution in [0.1, 0.15) is 49.1 Å². The van der Waals surface area contributed by atoms with E-state index in [1.165, 1.54) is 23.3 Å². The van der Waals surface area contributed by atoms with E-state index in [0.29, 0.717) is 6.10 Å². The summed E-state index contributed by atoms with van der Waals surface area (Å²) < 4.78 is 5.66. The number of ether oxygens (including phenoxy) is 1. The van der Waals surface area contributed by atoms with Crippen molar-refractivity contribution in [2.24, 2.45) is 5.84 Å². The van der Waals surface area contributed by atoms with E-state index >= 15 is 0 Å². The minimum absolute atomic E-state index is 0.286. The summed E-state index contributed by atoms with van der Waals surface area (Å²) in [6.45, 7) is 3.13. The van der Waals surface area contributed by atoms with Gasteiger partial charge < -0.3 is 4.74 Å². The molecule has 1 aromatic heterocycles. The van der Waals surface area contributed by atoms with E-state index in [2.05, 4.69) is 23.8 Å². The van der Waals surface area contributed by atoms with Crippen LogP contribution in [0.25, 0.3) is 0 Å². The van der Waals surface area contributed by atoms with Gasteiger partial charge in [0.15, 0.2) is 0 Å². The van der Waals surface area contributed by atoms with Crippen LogP contribution in [-0.2, 0) is 11.2 Å². The SMILES string of the molecule is CCc1ccsc1C(CCC1CCCO1)NN. The number of nitrogens with one attached hydrogen (secondary N) is 1. The molecule has 1 aromatic rings. The molecule has 2 unspecified atom stereocenters. The molecule has 1 fully saturated rings. The fourth-order valence-corrected chi connectivity index (χ4v) is 3.55. The highest BCUT2D eigenvalue weighted by molar-refractivity contribution is 7.10. The lowest BCUT2D eigenvalue weighted by Crippen LogP contribution is -2.28. The second-order valence-electron chi connectivity index (χ2n) is 4.60. The van der Waals surface area contributed by atoms with Gasteiger partial charge in [-0.2, -0.15) is 0 Å². The Morgan fingerprint density at radius 2 is 2.53 bits per heavy atom. The smallest absolute Gasteiger partial charge is 0.0576 e. The molecule has 0 amide bonds. The third-order valence-corrected chi connectivity index (χ3v) is 4.55. The predicted molar refractivity (Wildman–Crippen MR) is 72.0 cm³/mol. The normalized spacial score (nSPS) is 21.9. The summed E-state index contributed by atoms with van der Waals surface area (Å²) in [5.74, 6) is 5.69. The summed E-state index contributed by atoms with van der Waals surface area (Å²) in [4.78, 5) is 1.40. The molecule has 96 valence electrons. The van der Waals surface area contributed by atoms with Crippen LogP contribution in [0.5, 0.6) is 0 Å². The zero-order chi connectivity index (χ0) is 12.1. The number of aryl methyl sites for hydroxylation is 1. The molecule has 1 aliphatic rings. The minimum Gasteiger partial charge on any atom is -0.378 e. The molecular formula is C13H22N2OS. The molecule has 0 aromatic carbocycles. The second kappa shape index (κ2) is 6.50. The maximum atomic E-state index is 5.69. The number of rotatable bonds is 6. The Hall–Kier alpha value is -0.420. The van der Waals surface area contributed by atoms with Gasteiger partial charge in [-0.05, 0) is 49.1 Å². The highest BCUT2D eigenvalue weighted by Crippen LogP contribution is 2.29. The van der Waals surface area contributed by atoms with Crippen LogP contribution in [-0.4, -0.2) is 12.7 Å². The fourth-order valence-electron chi connectivity index (χ4n) is 2.46. The molecule has 3 N–H and O–H groups in total. The zero-order valence-electron chi connectivity index (χ0n) is 10.4. The molecule has 3 nitrogen and oxygen atoms in total. The number of hydrogen-bond donors (Lipinski definition) is 2. The predicted octanol–water partition coefficient (Wildman–Crippen LogP) is 2.77. The lowest BCUT2D eigenvalue weighted by molar-refractivity contribution is 0.0997. The zero-order valence-corrected chi connectivity index (χ0v) is 11.3. The van der Waals surface area contributed by atoms with Crippen LogP contribution in [0.2, 0.25) is 0 Å². The molecule has 17 heavy (non-hydrogen) atoms. The van der Waals surface area contributed by atoms with E-state index in [1.807, 2.05) is 0 Å². The summed E-state index contributed by atoms with van der Waals surface area (Å²) in [5.41, 5.74) is 4.38. The molecule has 0 aliphatic carbocycles. The first kappa shape index (κ1) is 13.0. The molecule has 0 bridgehead atoms. The van der Waals surface area contributed by atoms with E-state index in [4.69, 9.17) is 10.6 Å². The Morgan fingerprint density at radius 3 is 3.18 bits per heavy atom. The third-order valence-electron chi connectivity index (χ3n) is 3.48. The standard InChI is InChI=1S/C13H22N2OS/c1-2-10-7-9-17-13(10)12(15-14)6-5-11-4-3-8-16-11/h7,9,11-12,15H,2-6,8,14H2,1H3. The minimum atomic E-state index is 0.286. The first-order valence-electron chi connectivity index (χ1n) is 6.49. The van der Waals surface area contributed by atoms with Gasteiger partial charge in [-0.25, -0.2) is 0 Å². The van der Waals surface area contributed by atoms with Crippen LogP contribution < -0.4 is 11.3 Å². The highest BCUT2D eigenvalue weighted by atomic mass is 32.1. The van der Waals surface area contributed by atoms with E-state index in [9.17, 15) is 0 Å². The lowest BCUT2D eigenvalue weighted by atomic mass is 10.0. The molecule has 1 saturated heterocycles. The molecule has 2 heterocycles. The van der Waals surface area contributed by atoms with Gasteiger partial charge in [0.25, 0.3) is 0 Å². The average molecular weight is 254 g/mol. The number of hydrazine groups is 1. The maximum Gasteiger partial charge on any atom is 0.0576 e. The molecule has 0 saturated carbocycles. The Morgan fingerprint density at radius 1 is 1.65 bits per heavy atom. The average Bonchev–Trinajstić information content (AvgIpc) is 3.00. The Labute approximate surface area is 107 Å².